The number of Topliss-reactive ketones (excluding diaryl/α,β-unsaturated/α-hetero) is 1. The Balaban J connectivity index is 2.43. The molecule has 2 aromatic rings. The molecule has 0 saturated heterocycles. The first-order valence-electron chi connectivity index (χ1n) is 6.71. The fourth-order valence-corrected chi connectivity index (χ4v) is 2.51. The van der Waals surface area contributed by atoms with Crippen molar-refractivity contribution in [1.82, 2.24) is 0 Å². The van der Waals surface area contributed by atoms with Crippen molar-refractivity contribution in [2.75, 3.05) is 0 Å². The Morgan fingerprint density at radius 2 is 1.76 bits per heavy atom. The molecule has 1 atom stereocenters. The zero-order valence-electron chi connectivity index (χ0n) is 12.3. The zero-order valence-corrected chi connectivity index (χ0v) is 13.0. The summed E-state index contributed by atoms with van der Waals surface area (Å²) in [5.74, 6) is -0.973. The molecule has 0 radical (unpaired) electrons. The van der Waals surface area contributed by atoms with E-state index in [-0.39, 0.29) is 5.78 Å². The summed E-state index contributed by atoms with van der Waals surface area (Å²) in [7, 11) is 0. The van der Waals surface area contributed by atoms with Crippen LogP contribution in [0.15, 0.2) is 36.4 Å². The van der Waals surface area contributed by atoms with E-state index in [0.717, 1.165) is 22.3 Å². The van der Waals surface area contributed by atoms with Crippen LogP contribution in [-0.4, -0.2) is 5.78 Å². The lowest BCUT2D eigenvalue weighted by Crippen LogP contribution is -2.13. The number of halogens is 1. The molecule has 0 spiro atoms. The molecule has 0 bridgehead atoms. The summed E-state index contributed by atoms with van der Waals surface area (Å²) in [5, 5.41) is 10.0. The number of rotatable bonds is 3. The quantitative estimate of drug-likeness (QED) is 0.767. The molecule has 0 aliphatic rings. The van der Waals surface area contributed by atoms with Crippen LogP contribution in [0.3, 0.4) is 0 Å². The second-order valence-electron chi connectivity index (χ2n) is 5.23. The first-order chi connectivity index (χ1) is 9.93. The molecule has 21 heavy (non-hydrogen) atoms. The number of benzene rings is 2. The highest BCUT2D eigenvalue weighted by molar-refractivity contribution is 6.30. The minimum absolute atomic E-state index is 0.185. The van der Waals surface area contributed by atoms with E-state index in [1.807, 2.05) is 39.0 Å². The van der Waals surface area contributed by atoms with Gasteiger partial charge in [-0.3, -0.25) is 4.79 Å². The smallest absolute Gasteiger partial charge is 0.184 e. The molecular formula is C18H16ClNO. The summed E-state index contributed by atoms with van der Waals surface area (Å²) in [4.78, 5) is 12.6. The van der Waals surface area contributed by atoms with E-state index in [2.05, 4.69) is 6.07 Å². The SMILES string of the molecule is Cc1ccc(C(C#N)C(=O)c2ccc(Cl)cc2C)cc1C. The summed E-state index contributed by atoms with van der Waals surface area (Å²) >= 11 is 5.91. The van der Waals surface area contributed by atoms with E-state index in [1.54, 1.807) is 18.2 Å². The van der Waals surface area contributed by atoms with Gasteiger partial charge in [0.1, 0.15) is 5.92 Å². The Bertz CT molecular complexity index is 743. The van der Waals surface area contributed by atoms with Crippen molar-refractivity contribution < 1.29 is 4.79 Å². The number of nitriles is 1. The molecule has 0 saturated carbocycles. The van der Waals surface area contributed by atoms with Gasteiger partial charge in [-0.25, -0.2) is 0 Å². The molecule has 0 aliphatic carbocycles. The maximum atomic E-state index is 12.6. The van der Waals surface area contributed by atoms with E-state index in [0.29, 0.717) is 10.6 Å². The Hall–Kier alpha value is -2.11. The molecule has 0 fully saturated rings. The molecule has 0 N–H and O–H groups in total. The van der Waals surface area contributed by atoms with Gasteiger partial charge in [0.2, 0.25) is 0 Å². The minimum atomic E-state index is -0.788. The third-order valence-electron chi connectivity index (χ3n) is 3.71. The Kier molecular flexibility index (Phi) is 4.45. The van der Waals surface area contributed by atoms with Gasteiger partial charge in [0.05, 0.1) is 6.07 Å². The maximum Gasteiger partial charge on any atom is 0.184 e. The Labute approximate surface area is 130 Å². The van der Waals surface area contributed by atoms with Gasteiger partial charge in [-0.05, 0) is 61.2 Å². The van der Waals surface area contributed by atoms with Gasteiger partial charge >= 0.3 is 0 Å². The minimum Gasteiger partial charge on any atom is -0.292 e. The van der Waals surface area contributed by atoms with Gasteiger partial charge in [0, 0.05) is 10.6 Å². The normalized spacial score (nSPS) is 11.8. The average Bonchev–Trinajstić information content (AvgIpc) is 2.43. The number of hydrogen-bond acceptors (Lipinski definition) is 2. The summed E-state index contributed by atoms with van der Waals surface area (Å²) in [6, 6.07) is 12.9. The van der Waals surface area contributed by atoms with Gasteiger partial charge < -0.3 is 0 Å². The molecule has 2 rings (SSSR count). The molecular weight excluding hydrogens is 282 g/mol. The predicted octanol–water partition coefficient (Wildman–Crippen LogP) is 4.76. The van der Waals surface area contributed by atoms with Crippen LogP contribution in [0.25, 0.3) is 0 Å². The molecule has 0 amide bonds. The van der Waals surface area contributed by atoms with Gasteiger partial charge in [0.15, 0.2) is 5.78 Å². The maximum absolute atomic E-state index is 12.6. The number of carbonyl (C=O) groups excluding carboxylic acids is 1. The van der Waals surface area contributed by atoms with Crippen LogP contribution in [0.5, 0.6) is 0 Å². The number of ketones is 1. The molecule has 2 nitrogen and oxygen atoms in total. The van der Waals surface area contributed by atoms with E-state index in [1.165, 1.54) is 0 Å². The topological polar surface area (TPSA) is 40.9 Å². The van der Waals surface area contributed by atoms with Crippen LogP contribution in [0.4, 0.5) is 0 Å². The molecule has 106 valence electrons. The molecule has 2 aromatic carbocycles. The van der Waals surface area contributed by atoms with Crippen LogP contribution >= 0.6 is 11.6 Å². The van der Waals surface area contributed by atoms with E-state index < -0.39 is 5.92 Å². The van der Waals surface area contributed by atoms with Crippen molar-refractivity contribution in [2.24, 2.45) is 0 Å². The lowest BCUT2D eigenvalue weighted by Gasteiger charge is -2.12. The summed E-state index contributed by atoms with van der Waals surface area (Å²) < 4.78 is 0. The largest absolute Gasteiger partial charge is 0.292 e. The van der Waals surface area contributed by atoms with Crippen molar-refractivity contribution in [3.8, 4) is 6.07 Å². The second-order valence-corrected chi connectivity index (χ2v) is 5.67. The molecule has 0 aliphatic heterocycles. The van der Waals surface area contributed by atoms with E-state index in [4.69, 9.17) is 11.6 Å². The van der Waals surface area contributed by atoms with E-state index in [9.17, 15) is 10.1 Å². The van der Waals surface area contributed by atoms with Crippen LogP contribution in [0.2, 0.25) is 5.02 Å². The van der Waals surface area contributed by atoms with Crippen LogP contribution < -0.4 is 0 Å². The summed E-state index contributed by atoms with van der Waals surface area (Å²) in [6.45, 7) is 5.81. The van der Waals surface area contributed by atoms with Crippen LogP contribution in [0.1, 0.15) is 38.5 Å². The van der Waals surface area contributed by atoms with E-state index >= 15 is 0 Å². The van der Waals surface area contributed by atoms with Gasteiger partial charge in [-0.2, -0.15) is 5.26 Å². The highest BCUT2D eigenvalue weighted by Gasteiger charge is 2.23. The van der Waals surface area contributed by atoms with Gasteiger partial charge in [-0.15, -0.1) is 0 Å². The fourth-order valence-electron chi connectivity index (χ4n) is 2.29. The van der Waals surface area contributed by atoms with Crippen LogP contribution in [0, 0.1) is 32.1 Å². The highest BCUT2D eigenvalue weighted by Crippen LogP contribution is 2.25. The first kappa shape index (κ1) is 15.3. The first-order valence-corrected chi connectivity index (χ1v) is 7.09. The summed E-state index contributed by atoms with van der Waals surface area (Å²) in [5.41, 5.74) is 4.29. The highest BCUT2D eigenvalue weighted by atomic mass is 35.5. The third kappa shape index (κ3) is 3.15. The lowest BCUT2D eigenvalue weighted by molar-refractivity contribution is 0.0978. The Morgan fingerprint density at radius 3 is 2.33 bits per heavy atom. The number of carbonyl (C=O) groups is 1. The monoisotopic (exact) mass is 297 g/mol. The van der Waals surface area contributed by atoms with Crippen molar-refractivity contribution in [1.29, 1.82) is 5.26 Å². The third-order valence-corrected chi connectivity index (χ3v) is 3.94. The standard InChI is InChI=1S/C18H16ClNO/c1-11-4-5-14(8-12(11)2)17(10-20)18(21)16-7-6-15(19)9-13(16)3/h4-9,17H,1-3H3. The number of aryl methyl sites for hydroxylation is 3. The van der Waals surface area contributed by atoms with Crippen molar-refractivity contribution in [2.45, 2.75) is 26.7 Å². The van der Waals surface area contributed by atoms with Gasteiger partial charge in [0.25, 0.3) is 0 Å². The molecule has 3 heteroatoms. The van der Waals surface area contributed by atoms with Crippen molar-refractivity contribution >= 4 is 17.4 Å². The molecule has 0 heterocycles. The predicted molar refractivity (Wildman–Crippen MR) is 84.8 cm³/mol. The summed E-state index contributed by atoms with van der Waals surface area (Å²) in [6.07, 6.45) is 0. The molecule has 1 unspecified atom stereocenters. The van der Waals surface area contributed by atoms with Crippen LogP contribution in [-0.2, 0) is 0 Å². The fraction of sp³-hybridized carbons (Fsp3) is 0.222. The average molecular weight is 298 g/mol. The number of hydrogen-bond donors (Lipinski definition) is 0. The molecule has 0 aromatic heterocycles. The van der Waals surface area contributed by atoms with Gasteiger partial charge in [-0.1, -0.05) is 29.8 Å². The lowest BCUT2D eigenvalue weighted by atomic mass is 9.88. The zero-order chi connectivity index (χ0) is 15.6. The Morgan fingerprint density at radius 1 is 1.05 bits per heavy atom. The number of nitrogens with zero attached hydrogens (tertiary/aromatic N) is 1. The van der Waals surface area contributed by atoms with Crippen molar-refractivity contribution in [3.63, 3.8) is 0 Å². The van der Waals surface area contributed by atoms with Crippen molar-refractivity contribution in [3.05, 3.63) is 69.2 Å². The second kappa shape index (κ2) is 6.11.